The molecule has 0 unspecified atom stereocenters. The number of hydrogen-bond acceptors (Lipinski definition) is 4. The number of hydrazine groups is 1. The molecular weight excluding hydrogens is 312 g/mol. The van der Waals surface area contributed by atoms with Gasteiger partial charge in [-0.1, -0.05) is 28.1 Å². The van der Waals surface area contributed by atoms with Crippen molar-refractivity contribution in [1.29, 1.82) is 0 Å². The zero-order valence-electron chi connectivity index (χ0n) is 10.1. The lowest BCUT2D eigenvalue weighted by atomic mass is 10.2. The maximum Gasteiger partial charge on any atom is 0.301 e. The van der Waals surface area contributed by atoms with Crippen molar-refractivity contribution in [3.63, 3.8) is 0 Å². The van der Waals surface area contributed by atoms with Crippen LogP contribution in [0.5, 0.6) is 0 Å². The summed E-state index contributed by atoms with van der Waals surface area (Å²) in [4.78, 5) is 11.4. The highest BCUT2D eigenvalue weighted by Gasteiger charge is 2.13. The zero-order chi connectivity index (χ0) is 13.7. The highest BCUT2D eigenvalue weighted by atomic mass is 79.9. The summed E-state index contributed by atoms with van der Waals surface area (Å²) >= 11 is 3.40. The Labute approximate surface area is 118 Å². The lowest BCUT2D eigenvalue weighted by Crippen LogP contribution is -2.30. The van der Waals surface area contributed by atoms with Gasteiger partial charge in [0.05, 0.1) is 19.5 Å². The van der Waals surface area contributed by atoms with Crippen LogP contribution in [0, 0.1) is 0 Å². The van der Waals surface area contributed by atoms with Crippen molar-refractivity contribution >= 4 is 21.8 Å². The molecule has 0 atom stereocenters. The second kappa shape index (κ2) is 6.51. The predicted octanol–water partition coefficient (Wildman–Crippen LogP) is 2.36. The minimum Gasteiger partial charge on any atom is -0.459 e. The van der Waals surface area contributed by atoms with E-state index in [9.17, 15) is 4.79 Å². The molecule has 2 rings (SSSR count). The number of carbonyl (C=O) groups excluding carboxylic acids is 1. The van der Waals surface area contributed by atoms with E-state index >= 15 is 0 Å². The minimum atomic E-state index is -0.467. The number of amides is 1. The molecule has 0 bridgehead atoms. The first-order valence-corrected chi connectivity index (χ1v) is 6.39. The molecule has 2 aromatic rings. The Balaban J connectivity index is 1.93. The predicted molar refractivity (Wildman–Crippen MR) is 73.0 cm³/mol. The van der Waals surface area contributed by atoms with E-state index in [1.54, 1.807) is 6.07 Å². The first-order chi connectivity index (χ1) is 9.20. The average Bonchev–Trinajstić information content (AvgIpc) is 2.86. The van der Waals surface area contributed by atoms with Gasteiger partial charge in [-0.2, -0.15) is 0 Å². The van der Waals surface area contributed by atoms with Gasteiger partial charge < -0.3 is 9.15 Å². The highest BCUT2D eigenvalue weighted by Crippen LogP contribution is 2.15. The van der Waals surface area contributed by atoms with Gasteiger partial charge in [-0.15, -0.1) is 0 Å². The summed E-state index contributed by atoms with van der Waals surface area (Å²) in [5, 5.41) is 0. The van der Waals surface area contributed by atoms with Crippen molar-refractivity contribution in [1.82, 2.24) is 5.43 Å². The molecule has 19 heavy (non-hydrogen) atoms. The van der Waals surface area contributed by atoms with Gasteiger partial charge in [-0.05, 0) is 23.8 Å². The van der Waals surface area contributed by atoms with Crippen LogP contribution in [0.4, 0.5) is 0 Å². The molecule has 0 aliphatic rings. The van der Waals surface area contributed by atoms with E-state index < -0.39 is 5.91 Å². The van der Waals surface area contributed by atoms with Crippen molar-refractivity contribution in [2.24, 2.45) is 5.84 Å². The maximum atomic E-state index is 11.4. The van der Waals surface area contributed by atoms with Crippen molar-refractivity contribution in [2.45, 2.75) is 13.2 Å². The number of rotatable bonds is 5. The molecule has 0 saturated heterocycles. The van der Waals surface area contributed by atoms with Crippen molar-refractivity contribution in [2.75, 3.05) is 0 Å². The third kappa shape index (κ3) is 3.66. The van der Waals surface area contributed by atoms with Crippen LogP contribution in [0.15, 0.2) is 45.5 Å². The van der Waals surface area contributed by atoms with Crippen LogP contribution >= 0.6 is 15.9 Å². The van der Waals surface area contributed by atoms with Crippen LogP contribution in [0.1, 0.15) is 21.7 Å². The number of halogens is 1. The lowest BCUT2D eigenvalue weighted by Gasteiger charge is -2.05. The fraction of sp³-hybridized carbons (Fsp3) is 0.154. The average molecular weight is 325 g/mol. The van der Waals surface area contributed by atoms with Gasteiger partial charge in [-0.3, -0.25) is 10.2 Å². The Morgan fingerprint density at radius 1 is 1.37 bits per heavy atom. The van der Waals surface area contributed by atoms with Gasteiger partial charge in [0, 0.05) is 10.0 Å². The topological polar surface area (TPSA) is 77.5 Å². The summed E-state index contributed by atoms with van der Waals surface area (Å²) in [6.07, 6.45) is 1.43. The third-order valence-electron chi connectivity index (χ3n) is 2.50. The van der Waals surface area contributed by atoms with E-state index in [0.717, 1.165) is 10.0 Å². The number of nitrogen functional groups attached to an aromatic ring is 1. The molecule has 1 heterocycles. The van der Waals surface area contributed by atoms with E-state index in [-0.39, 0.29) is 12.4 Å². The van der Waals surface area contributed by atoms with Crippen molar-refractivity contribution < 1.29 is 13.9 Å². The number of benzene rings is 1. The Kier molecular flexibility index (Phi) is 4.73. The van der Waals surface area contributed by atoms with Gasteiger partial charge in [0.1, 0.15) is 0 Å². The van der Waals surface area contributed by atoms with Gasteiger partial charge in [-0.25, -0.2) is 5.84 Å². The number of furan rings is 1. The van der Waals surface area contributed by atoms with E-state index in [4.69, 9.17) is 15.0 Å². The minimum absolute atomic E-state index is 0.178. The Morgan fingerprint density at radius 3 is 2.95 bits per heavy atom. The molecule has 0 radical (unpaired) electrons. The van der Waals surface area contributed by atoms with Crippen molar-refractivity contribution in [3.05, 3.63) is 58.0 Å². The van der Waals surface area contributed by atoms with Crippen molar-refractivity contribution in [3.8, 4) is 0 Å². The quantitative estimate of drug-likeness (QED) is 0.503. The summed E-state index contributed by atoms with van der Waals surface area (Å²) in [6, 6.07) is 9.51. The Hall–Kier alpha value is -1.63. The number of carbonyl (C=O) groups is 1. The summed E-state index contributed by atoms with van der Waals surface area (Å²) in [5.41, 5.74) is 3.74. The molecule has 1 aromatic carbocycles. The monoisotopic (exact) mass is 324 g/mol. The smallest absolute Gasteiger partial charge is 0.301 e. The van der Waals surface area contributed by atoms with E-state index in [2.05, 4.69) is 15.9 Å². The number of nitrogens with two attached hydrogens (primary N) is 1. The first-order valence-electron chi connectivity index (χ1n) is 5.60. The van der Waals surface area contributed by atoms with Gasteiger partial charge in [0.15, 0.2) is 5.76 Å². The van der Waals surface area contributed by atoms with Crippen LogP contribution in [0.2, 0.25) is 0 Å². The largest absolute Gasteiger partial charge is 0.459 e. The molecule has 1 aromatic heterocycles. The van der Waals surface area contributed by atoms with Crippen LogP contribution in [-0.2, 0) is 18.0 Å². The van der Waals surface area contributed by atoms with Crippen LogP contribution < -0.4 is 11.3 Å². The molecule has 0 saturated carbocycles. The second-order valence-electron chi connectivity index (χ2n) is 3.87. The molecule has 100 valence electrons. The lowest BCUT2D eigenvalue weighted by molar-refractivity contribution is 0.0895. The molecular formula is C13H13BrN2O3. The fourth-order valence-corrected chi connectivity index (χ4v) is 2.07. The van der Waals surface area contributed by atoms with Crippen LogP contribution in [-0.4, -0.2) is 5.91 Å². The van der Waals surface area contributed by atoms with E-state index in [0.29, 0.717) is 12.2 Å². The SMILES string of the molecule is NNC(=O)c1occc1COCc1cccc(Br)c1. The number of nitrogens with one attached hydrogen (secondary N) is 1. The number of ether oxygens (including phenoxy) is 1. The van der Waals surface area contributed by atoms with E-state index in [1.165, 1.54) is 6.26 Å². The molecule has 0 aliphatic heterocycles. The molecule has 0 fully saturated rings. The van der Waals surface area contributed by atoms with E-state index in [1.807, 2.05) is 29.7 Å². The Bertz CT molecular complexity index is 569. The summed E-state index contributed by atoms with van der Waals surface area (Å²) in [7, 11) is 0. The normalized spacial score (nSPS) is 10.4. The van der Waals surface area contributed by atoms with Crippen LogP contribution in [0.3, 0.4) is 0 Å². The fourth-order valence-electron chi connectivity index (χ4n) is 1.62. The van der Waals surface area contributed by atoms with Gasteiger partial charge in [0.25, 0.3) is 0 Å². The van der Waals surface area contributed by atoms with Gasteiger partial charge >= 0.3 is 5.91 Å². The first kappa shape index (κ1) is 13.8. The number of hydrogen-bond donors (Lipinski definition) is 2. The molecule has 0 aliphatic carbocycles. The molecule has 0 spiro atoms. The molecule has 1 amide bonds. The summed E-state index contributed by atoms with van der Waals surface area (Å²) in [6.45, 7) is 0.736. The second-order valence-corrected chi connectivity index (χ2v) is 4.79. The molecule has 5 nitrogen and oxygen atoms in total. The maximum absolute atomic E-state index is 11.4. The Morgan fingerprint density at radius 2 is 2.21 bits per heavy atom. The van der Waals surface area contributed by atoms with Crippen LogP contribution in [0.25, 0.3) is 0 Å². The molecule has 3 N–H and O–H groups in total. The highest BCUT2D eigenvalue weighted by molar-refractivity contribution is 9.10. The molecule has 6 heteroatoms. The summed E-state index contributed by atoms with van der Waals surface area (Å²) in [5.74, 6) is 4.77. The standard InChI is InChI=1S/C13H13BrN2O3/c14-11-3-1-2-9(6-11)7-18-8-10-4-5-19-12(10)13(17)16-15/h1-6H,7-8,15H2,(H,16,17). The van der Waals surface area contributed by atoms with Gasteiger partial charge in [0.2, 0.25) is 0 Å². The summed E-state index contributed by atoms with van der Waals surface area (Å²) < 4.78 is 11.6. The zero-order valence-corrected chi connectivity index (χ0v) is 11.6. The third-order valence-corrected chi connectivity index (χ3v) is 2.99.